The molecule has 1 N–H and O–H groups in total. The first kappa shape index (κ1) is 17.5. The summed E-state index contributed by atoms with van der Waals surface area (Å²) in [6, 6.07) is 8.83. The normalized spacial score (nSPS) is 15.1. The van der Waals surface area contributed by atoms with Crippen LogP contribution in [0.3, 0.4) is 0 Å². The lowest BCUT2D eigenvalue weighted by molar-refractivity contribution is 0.102. The smallest absolute Gasteiger partial charge is 0.274 e. The highest BCUT2D eigenvalue weighted by molar-refractivity contribution is 6.32. The molecule has 5 nitrogen and oxygen atoms in total. The largest absolute Gasteiger partial charge is 0.495 e. The first-order valence-corrected chi connectivity index (χ1v) is 8.80. The van der Waals surface area contributed by atoms with Crippen molar-refractivity contribution >= 4 is 28.9 Å². The number of hydrogen-bond acceptors (Lipinski definition) is 4. The summed E-state index contributed by atoms with van der Waals surface area (Å²) in [7, 11) is 1.55. The zero-order valence-electron chi connectivity index (χ0n) is 14.5. The first-order valence-electron chi connectivity index (χ1n) is 8.42. The molecule has 1 aliphatic heterocycles. The second kappa shape index (κ2) is 7.74. The van der Waals surface area contributed by atoms with Crippen molar-refractivity contribution in [1.29, 1.82) is 0 Å². The van der Waals surface area contributed by atoms with Gasteiger partial charge in [-0.15, -0.1) is 0 Å². The molecule has 1 aliphatic rings. The molecule has 3 rings (SSSR count). The quantitative estimate of drug-likeness (QED) is 0.887. The summed E-state index contributed by atoms with van der Waals surface area (Å²) < 4.78 is 5.11. The van der Waals surface area contributed by atoms with Gasteiger partial charge in [0.05, 0.1) is 24.0 Å². The lowest BCUT2D eigenvalue weighted by atomic mass is 9.99. The number of aromatic nitrogens is 1. The molecule has 0 spiro atoms. The Balaban J connectivity index is 1.65. The molecule has 0 unspecified atom stereocenters. The van der Waals surface area contributed by atoms with Crippen LogP contribution in [0.25, 0.3) is 0 Å². The number of anilines is 2. The average molecular weight is 360 g/mol. The standard InChI is InChI=1S/C19H22ClN3O2/c1-13-7-9-23(10-8-13)15-4-5-17(21-12-15)19(24)22-14-3-6-18(25-2)16(20)11-14/h3-6,11-13H,7-10H2,1-2H3,(H,22,24). The molecular weight excluding hydrogens is 338 g/mol. The number of carbonyl (C=O) groups excluding carboxylic acids is 1. The van der Waals surface area contributed by atoms with E-state index < -0.39 is 0 Å². The van der Waals surface area contributed by atoms with E-state index in [0.717, 1.165) is 24.7 Å². The fourth-order valence-electron chi connectivity index (χ4n) is 2.91. The van der Waals surface area contributed by atoms with Gasteiger partial charge in [-0.05, 0) is 49.1 Å². The summed E-state index contributed by atoms with van der Waals surface area (Å²) >= 11 is 6.08. The third-order valence-electron chi connectivity index (χ3n) is 4.54. The Labute approximate surface area is 153 Å². The number of hydrogen-bond donors (Lipinski definition) is 1. The average Bonchev–Trinajstić information content (AvgIpc) is 2.63. The van der Waals surface area contributed by atoms with Crippen molar-refractivity contribution in [1.82, 2.24) is 4.98 Å². The van der Waals surface area contributed by atoms with Crippen LogP contribution in [0, 0.1) is 5.92 Å². The number of benzene rings is 1. The summed E-state index contributed by atoms with van der Waals surface area (Å²) in [4.78, 5) is 19.0. The Bertz CT molecular complexity index is 741. The molecule has 25 heavy (non-hydrogen) atoms. The number of carbonyl (C=O) groups is 1. The van der Waals surface area contributed by atoms with Crippen LogP contribution >= 0.6 is 11.6 Å². The predicted octanol–water partition coefficient (Wildman–Crippen LogP) is 4.23. The van der Waals surface area contributed by atoms with E-state index in [9.17, 15) is 4.79 Å². The van der Waals surface area contributed by atoms with Gasteiger partial charge in [-0.3, -0.25) is 4.79 Å². The minimum atomic E-state index is -0.264. The number of amides is 1. The maximum absolute atomic E-state index is 12.3. The molecule has 1 aromatic heterocycles. The van der Waals surface area contributed by atoms with Gasteiger partial charge in [0.1, 0.15) is 11.4 Å². The van der Waals surface area contributed by atoms with Crippen LogP contribution in [-0.4, -0.2) is 31.1 Å². The summed E-state index contributed by atoms with van der Waals surface area (Å²) in [5.41, 5.74) is 2.05. The Hall–Kier alpha value is -2.27. The minimum absolute atomic E-state index is 0.264. The van der Waals surface area contributed by atoms with Gasteiger partial charge >= 0.3 is 0 Å². The van der Waals surface area contributed by atoms with Gasteiger partial charge in [0.25, 0.3) is 5.91 Å². The van der Waals surface area contributed by atoms with E-state index in [0.29, 0.717) is 22.2 Å². The van der Waals surface area contributed by atoms with Crippen LogP contribution in [0.1, 0.15) is 30.3 Å². The van der Waals surface area contributed by atoms with Crippen LogP contribution in [0.4, 0.5) is 11.4 Å². The van der Waals surface area contributed by atoms with E-state index in [-0.39, 0.29) is 5.91 Å². The minimum Gasteiger partial charge on any atom is -0.495 e. The zero-order chi connectivity index (χ0) is 17.8. The number of pyridine rings is 1. The molecule has 0 bridgehead atoms. The fourth-order valence-corrected chi connectivity index (χ4v) is 3.17. The Morgan fingerprint density at radius 2 is 2.04 bits per heavy atom. The van der Waals surface area contributed by atoms with E-state index in [1.54, 1.807) is 37.6 Å². The molecule has 1 aromatic carbocycles. The highest BCUT2D eigenvalue weighted by Crippen LogP contribution is 2.27. The summed E-state index contributed by atoms with van der Waals surface area (Å²) in [6.45, 7) is 4.37. The Morgan fingerprint density at radius 3 is 2.64 bits per heavy atom. The van der Waals surface area contributed by atoms with E-state index in [4.69, 9.17) is 16.3 Å². The number of ether oxygens (including phenoxy) is 1. The lowest BCUT2D eigenvalue weighted by Gasteiger charge is -2.31. The van der Waals surface area contributed by atoms with Crippen molar-refractivity contribution < 1.29 is 9.53 Å². The topological polar surface area (TPSA) is 54.5 Å². The van der Waals surface area contributed by atoms with Crippen LogP contribution in [0.2, 0.25) is 5.02 Å². The number of rotatable bonds is 4. The van der Waals surface area contributed by atoms with Gasteiger partial charge in [0.2, 0.25) is 0 Å². The highest BCUT2D eigenvalue weighted by Gasteiger charge is 2.17. The molecule has 1 saturated heterocycles. The van der Waals surface area contributed by atoms with Crippen LogP contribution in [-0.2, 0) is 0 Å². The van der Waals surface area contributed by atoms with Crippen LogP contribution in [0.5, 0.6) is 5.75 Å². The zero-order valence-corrected chi connectivity index (χ0v) is 15.2. The molecule has 0 aliphatic carbocycles. The molecule has 0 saturated carbocycles. The molecule has 2 heterocycles. The van der Waals surface area contributed by atoms with Crippen molar-refractivity contribution in [2.24, 2.45) is 5.92 Å². The van der Waals surface area contributed by atoms with Crippen LogP contribution in [0.15, 0.2) is 36.5 Å². The van der Waals surface area contributed by atoms with Crippen molar-refractivity contribution in [2.45, 2.75) is 19.8 Å². The lowest BCUT2D eigenvalue weighted by Crippen LogP contribution is -2.32. The molecule has 1 amide bonds. The van der Waals surface area contributed by atoms with Crippen molar-refractivity contribution in [3.8, 4) is 5.75 Å². The van der Waals surface area contributed by atoms with E-state index >= 15 is 0 Å². The molecule has 2 aromatic rings. The fraction of sp³-hybridized carbons (Fsp3) is 0.368. The highest BCUT2D eigenvalue weighted by atomic mass is 35.5. The van der Waals surface area contributed by atoms with E-state index in [2.05, 4.69) is 22.1 Å². The molecule has 132 valence electrons. The maximum Gasteiger partial charge on any atom is 0.274 e. The number of piperidine rings is 1. The number of methoxy groups -OCH3 is 1. The maximum atomic E-state index is 12.3. The van der Waals surface area contributed by atoms with Crippen molar-refractivity contribution in [3.05, 3.63) is 47.2 Å². The van der Waals surface area contributed by atoms with E-state index in [1.165, 1.54) is 12.8 Å². The van der Waals surface area contributed by atoms with Gasteiger partial charge in [-0.1, -0.05) is 18.5 Å². The molecule has 0 radical (unpaired) electrons. The molecule has 6 heteroatoms. The summed E-state index contributed by atoms with van der Waals surface area (Å²) in [5.74, 6) is 1.09. The van der Waals surface area contributed by atoms with E-state index in [1.807, 2.05) is 6.07 Å². The molecular formula is C19H22ClN3O2. The molecule has 0 atom stereocenters. The van der Waals surface area contributed by atoms with Gasteiger partial charge in [0.15, 0.2) is 0 Å². The third-order valence-corrected chi connectivity index (χ3v) is 4.83. The predicted molar refractivity (Wildman–Crippen MR) is 101 cm³/mol. The SMILES string of the molecule is COc1ccc(NC(=O)c2ccc(N3CCC(C)CC3)cn2)cc1Cl. The second-order valence-electron chi connectivity index (χ2n) is 6.37. The summed E-state index contributed by atoms with van der Waals surface area (Å²) in [5, 5.41) is 3.25. The van der Waals surface area contributed by atoms with Gasteiger partial charge < -0.3 is 15.0 Å². The number of halogens is 1. The number of nitrogens with one attached hydrogen (secondary N) is 1. The first-order chi connectivity index (χ1) is 12.1. The van der Waals surface area contributed by atoms with Gasteiger partial charge in [-0.25, -0.2) is 4.98 Å². The summed E-state index contributed by atoms with van der Waals surface area (Å²) in [6.07, 6.45) is 4.16. The van der Waals surface area contributed by atoms with Crippen molar-refractivity contribution in [3.63, 3.8) is 0 Å². The third kappa shape index (κ3) is 4.23. The van der Waals surface area contributed by atoms with Crippen molar-refractivity contribution in [2.75, 3.05) is 30.4 Å². The van der Waals surface area contributed by atoms with Crippen LogP contribution < -0.4 is 15.0 Å². The second-order valence-corrected chi connectivity index (χ2v) is 6.78. The number of nitrogens with zero attached hydrogens (tertiary/aromatic N) is 2. The Kier molecular flexibility index (Phi) is 5.43. The van der Waals surface area contributed by atoms with Gasteiger partial charge in [-0.2, -0.15) is 0 Å². The monoisotopic (exact) mass is 359 g/mol. The Morgan fingerprint density at radius 1 is 1.28 bits per heavy atom. The van der Waals surface area contributed by atoms with Gasteiger partial charge in [0, 0.05) is 18.8 Å². The molecule has 1 fully saturated rings.